The largest absolute Gasteiger partial charge is 0.339 e. The lowest BCUT2D eigenvalue weighted by Crippen LogP contribution is -1.99. The summed E-state index contributed by atoms with van der Waals surface area (Å²) in [6.45, 7) is 0.680. The van der Waals surface area contributed by atoms with Gasteiger partial charge in [-0.1, -0.05) is 16.8 Å². The Morgan fingerprint density at radius 2 is 2.18 bits per heavy atom. The van der Waals surface area contributed by atoms with E-state index in [2.05, 4.69) is 15.1 Å². The maximum absolute atomic E-state index is 5.75. The van der Waals surface area contributed by atoms with Crippen LogP contribution in [0.15, 0.2) is 22.9 Å². The zero-order valence-corrected chi connectivity index (χ0v) is 10.0. The molecule has 2 heterocycles. The van der Waals surface area contributed by atoms with Crippen LogP contribution in [0.4, 0.5) is 0 Å². The maximum atomic E-state index is 5.75. The van der Waals surface area contributed by atoms with Crippen molar-refractivity contribution in [2.45, 2.75) is 19.3 Å². The molecule has 2 N–H and O–H groups in total. The van der Waals surface area contributed by atoms with Crippen molar-refractivity contribution in [3.8, 4) is 11.5 Å². The summed E-state index contributed by atoms with van der Waals surface area (Å²) in [5.74, 6) is 1.11. The lowest BCUT2D eigenvalue weighted by molar-refractivity contribution is 0.375. The summed E-state index contributed by atoms with van der Waals surface area (Å²) in [4.78, 5) is 8.38. The first-order chi connectivity index (χ1) is 8.29. The Kier molecular flexibility index (Phi) is 4.06. The second kappa shape index (κ2) is 5.75. The molecule has 0 bridgehead atoms. The van der Waals surface area contributed by atoms with Gasteiger partial charge in [-0.15, -0.1) is 0 Å². The Morgan fingerprint density at radius 1 is 1.29 bits per heavy atom. The number of nitrogens with two attached hydrogens (primary N) is 1. The smallest absolute Gasteiger partial charge is 0.227 e. The quantitative estimate of drug-likeness (QED) is 0.824. The van der Waals surface area contributed by atoms with Crippen LogP contribution in [0, 0.1) is 0 Å². The molecule has 0 aliphatic rings. The van der Waals surface area contributed by atoms with E-state index in [1.54, 1.807) is 18.3 Å². The fourth-order valence-electron chi connectivity index (χ4n) is 1.39. The van der Waals surface area contributed by atoms with E-state index in [4.69, 9.17) is 21.9 Å². The number of halogens is 1. The summed E-state index contributed by atoms with van der Waals surface area (Å²) in [7, 11) is 0. The van der Waals surface area contributed by atoms with Crippen molar-refractivity contribution in [2.24, 2.45) is 5.73 Å². The highest BCUT2D eigenvalue weighted by molar-refractivity contribution is 6.30. The van der Waals surface area contributed by atoms with Gasteiger partial charge in [0.2, 0.25) is 11.7 Å². The van der Waals surface area contributed by atoms with Crippen molar-refractivity contribution in [2.75, 3.05) is 6.54 Å². The van der Waals surface area contributed by atoms with Gasteiger partial charge >= 0.3 is 0 Å². The lowest BCUT2D eigenvalue weighted by atomic mass is 10.2. The molecule has 0 amide bonds. The van der Waals surface area contributed by atoms with Gasteiger partial charge in [-0.3, -0.25) is 4.98 Å². The van der Waals surface area contributed by atoms with Crippen LogP contribution in [0.5, 0.6) is 0 Å². The van der Waals surface area contributed by atoms with E-state index >= 15 is 0 Å². The average molecular weight is 253 g/mol. The standard InChI is InChI=1S/C11H13ClN4O/c12-8-4-5-9(14-7-8)11-15-10(17-16-11)3-1-2-6-13/h4-5,7H,1-3,6,13H2. The van der Waals surface area contributed by atoms with E-state index in [1.807, 2.05) is 0 Å². The predicted octanol–water partition coefficient (Wildman–Crippen LogP) is 2.07. The molecule has 0 atom stereocenters. The zero-order valence-electron chi connectivity index (χ0n) is 9.27. The third-order valence-electron chi connectivity index (χ3n) is 2.27. The van der Waals surface area contributed by atoms with Gasteiger partial charge in [-0.25, -0.2) is 0 Å². The number of hydrogen-bond donors (Lipinski definition) is 1. The van der Waals surface area contributed by atoms with Crippen molar-refractivity contribution in [1.82, 2.24) is 15.1 Å². The molecule has 0 spiro atoms. The van der Waals surface area contributed by atoms with Gasteiger partial charge in [0.1, 0.15) is 5.69 Å². The van der Waals surface area contributed by atoms with Crippen molar-refractivity contribution in [1.29, 1.82) is 0 Å². The molecule has 2 aromatic rings. The maximum Gasteiger partial charge on any atom is 0.227 e. The molecular formula is C11H13ClN4O. The first kappa shape index (κ1) is 12.0. The van der Waals surface area contributed by atoms with Gasteiger partial charge in [0.15, 0.2) is 0 Å². The SMILES string of the molecule is NCCCCc1nc(-c2ccc(Cl)cn2)no1. The Balaban J connectivity index is 2.04. The summed E-state index contributed by atoms with van der Waals surface area (Å²) in [6, 6.07) is 3.51. The highest BCUT2D eigenvalue weighted by Crippen LogP contribution is 2.16. The number of rotatable bonds is 5. The molecule has 0 aliphatic heterocycles. The van der Waals surface area contributed by atoms with Gasteiger partial charge in [0.25, 0.3) is 0 Å². The molecule has 90 valence electrons. The number of aromatic nitrogens is 3. The second-order valence-electron chi connectivity index (χ2n) is 3.62. The minimum absolute atomic E-state index is 0.490. The fraction of sp³-hybridized carbons (Fsp3) is 0.364. The van der Waals surface area contributed by atoms with E-state index in [0.717, 1.165) is 19.3 Å². The van der Waals surface area contributed by atoms with E-state index in [0.29, 0.717) is 29.0 Å². The summed E-state index contributed by atoms with van der Waals surface area (Å²) in [6.07, 6.45) is 4.21. The number of hydrogen-bond acceptors (Lipinski definition) is 5. The van der Waals surface area contributed by atoms with Gasteiger partial charge in [-0.05, 0) is 31.5 Å². The molecule has 17 heavy (non-hydrogen) atoms. The van der Waals surface area contributed by atoms with E-state index in [9.17, 15) is 0 Å². The van der Waals surface area contributed by atoms with E-state index < -0.39 is 0 Å². The van der Waals surface area contributed by atoms with E-state index in [-0.39, 0.29) is 0 Å². The van der Waals surface area contributed by atoms with Crippen molar-refractivity contribution < 1.29 is 4.52 Å². The number of pyridine rings is 1. The second-order valence-corrected chi connectivity index (χ2v) is 4.06. The molecule has 0 radical (unpaired) electrons. The third-order valence-corrected chi connectivity index (χ3v) is 2.49. The minimum Gasteiger partial charge on any atom is -0.339 e. The molecule has 6 heteroatoms. The van der Waals surface area contributed by atoms with Gasteiger partial charge in [0.05, 0.1) is 5.02 Å². The number of aryl methyl sites for hydroxylation is 1. The normalized spacial score (nSPS) is 10.7. The Hall–Kier alpha value is -1.46. The van der Waals surface area contributed by atoms with Crippen LogP contribution in [-0.2, 0) is 6.42 Å². The summed E-state index contributed by atoms with van der Waals surface area (Å²) in [5.41, 5.74) is 6.07. The topological polar surface area (TPSA) is 77.8 Å². The highest BCUT2D eigenvalue weighted by atomic mass is 35.5. The monoisotopic (exact) mass is 252 g/mol. The lowest BCUT2D eigenvalue weighted by Gasteiger charge is -1.93. The van der Waals surface area contributed by atoms with Crippen LogP contribution in [0.3, 0.4) is 0 Å². The predicted molar refractivity (Wildman–Crippen MR) is 64.5 cm³/mol. The molecule has 2 rings (SSSR count). The number of nitrogens with zero attached hydrogens (tertiary/aromatic N) is 3. The van der Waals surface area contributed by atoms with Gasteiger partial charge in [0, 0.05) is 12.6 Å². The summed E-state index contributed by atoms with van der Waals surface area (Å²) >= 11 is 5.75. The van der Waals surface area contributed by atoms with Crippen molar-refractivity contribution >= 4 is 11.6 Å². The molecule has 0 saturated heterocycles. The Bertz CT molecular complexity index is 469. The Morgan fingerprint density at radius 3 is 2.88 bits per heavy atom. The van der Waals surface area contributed by atoms with Crippen LogP contribution in [0.2, 0.25) is 5.02 Å². The summed E-state index contributed by atoms with van der Waals surface area (Å²) in [5, 5.41) is 4.46. The third kappa shape index (κ3) is 3.25. The van der Waals surface area contributed by atoms with Gasteiger partial charge < -0.3 is 10.3 Å². The van der Waals surface area contributed by atoms with Crippen LogP contribution in [0.1, 0.15) is 18.7 Å². The average Bonchev–Trinajstić information content (AvgIpc) is 2.79. The van der Waals surface area contributed by atoms with Crippen LogP contribution < -0.4 is 5.73 Å². The minimum atomic E-state index is 0.490. The molecule has 0 saturated carbocycles. The van der Waals surface area contributed by atoms with Crippen LogP contribution in [0.25, 0.3) is 11.5 Å². The van der Waals surface area contributed by atoms with Gasteiger partial charge in [-0.2, -0.15) is 4.98 Å². The van der Waals surface area contributed by atoms with Crippen LogP contribution >= 0.6 is 11.6 Å². The molecule has 5 nitrogen and oxygen atoms in total. The van der Waals surface area contributed by atoms with Crippen LogP contribution in [-0.4, -0.2) is 21.7 Å². The fourth-order valence-corrected chi connectivity index (χ4v) is 1.50. The molecular weight excluding hydrogens is 240 g/mol. The summed E-state index contributed by atoms with van der Waals surface area (Å²) < 4.78 is 5.12. The van der Waals surface area contributed by atoms with Crippen molar-refractivity contribution in [3.63, 3.8) is 0 Å². The Labute approximate surface area is 104 Å². The molecule has 0 unspecified atom stereocenters. The molecule has 0 aromatic carbocycles. The molecule has 0 fully saturated rings. The number of unbranched alkanes of at least 4 members (excludes halogenated alkanes) is 1. The first-order valence-electron chi connectivity index (χ1n) is 5.44. The van der Waals surface area contributed by atoms with E-state index in [1.165, 1.54) is 0 Å². The van der Waals surface area contributed by atoms with Crippen molar-refractivity contribution in [3.05, 3.63) is 29.2 Å². The molecule has 0 aliphatic carbocycles. The first-order valence-corrected chi connectivity index (χ1v) is 5.82. The molecule has 2 aromatic heterocycles. The zero-order chi connectivity index (χ0) is 12.1. The highest BCUT2D eigenvalue weighted by Gasteiger charge is 2.09.